The van der Waals surface area contributed by atoms with Crippen LogP contribution < -0.4 is 0 Å². The summed E-state index contributed by atoms with van der Waals surface area (Å²) in [4.78, 5) is 4.31. The van der Waals surface area contributed by atoms with Crippen molar-refractivity contribution in [3.8, 4) is 0 Å². The minimum Gasteiger partial charge on any atom is -0.337 e. The van der Waals surface area contributed by atoms with Crippen LogP contribution in [-0.4, -0.2) is 35.4 Å². The van der Waals surface area contributed by atoms with Crippen LogP contribution in [0.4, 0.5) is 0 Å². The Balaban J connectivity index is 1.74. The molecule has 114 valence electrons. The van der Waals surface area contributed by atoms with Crippen LogP contribution in [0.25, 0.3) is 0 Å². The molecule has 0 aliphatic heterocycles. The van der Waals surface area contributed by atoms with E-state index in [0.29, 0.717) is 28.3 Å². The van der Waals surface area contributed by atoms with Gasteiger partial charge in [0.1, 0.15) is 12.9 Å². The molecule has 0 saturated heterocycles. The van der Waals surface area contributed by atoms with Crippen LogP contribution in [0.2, 0.25) is 5.02 Å². The SMILES string of the molecule is C[S@@](=O)c1nncn1Cc1nc(Cc2cccc(Cl)c2)no1. The minimum atomic E-state index is -1.23. The fourth-order valence-corrected chi connectivity index (χ4v) is 2.79. The monoisotopic (exact) mass is 337 g/mol. The highest BCUT2D eigenvalue weighted by Gasteiger charge is 2.13. The summed E-state index contributed by atoms with van der Waals surface area (Å²) in [7, 11) is -1.23. The maximum Gasteiger partial charge on any atom is 0.246 e. The van der Waals surface area contributed by atoms with Crippen LogP contribution in [0.1, 0.15) is 17.3 Å². The summed E-state index contributed by atoms with van der Waals surface area (Å²) < 4.78 is 18.3. The maximum atomic E-state index is 11.5. The van der Waals surface area contributed by atoms with Gasteiger partial charge in [-0.25, -0.2) is 0 Å². The summed E-state index contributed by atoms with van der Waals surface area (Å²) in [6.07, 6.45) is 3.55. The third-order valence-electron chi connectivity index (χ3n) is 2.90. The number of hydrogen-bond donors (Lipinski definition) is 0. The Morgan fingerprint density at radius 1 is 1.41 bits per heavy atom. The maximum absolute atomic E-state index is 11.5. The molecule has 1 aromatic carbocycles. The predicted octanol–water partition coefficient (Wildman–Crippen LogP) is 1.69. The second kappa shape index (κ2) is 6.37. The zero-order valence-electron chi connectivity index (χ0n) is 11.6. The normalized spacial score (nSPS) is 12.5. The van der Waals surface area contributed by atoms with E-state index in [9.17, 15) is 4.21 Å². The Hall–Kier alpha value is -2.06. The minimum absolute atomic E-state index is 0.282. The van der Waals surface area contributed by atoms with Gasteiger partial charge >= 0.3 is 0 Å². The summed E-state index contributed by atoms with van der Waals surface area (Å²) in [5, 5.41) is 12.5. The second-order valence-corrected chi connectivity index (χ2v) is 6.32. The quantitative estimate of drug-likeness (QED) is 0.704. The summed E-state index contributed by atoms with van der Waals surface area (Å²) in [5.41, 5.74) is 1.000. The number of rotatable bonds is 5. The van der Waals surface area contributed by atoms with E-state index in [1.807, 2.05) is 24.3 Å². The van der Waals surface area contributed by atoms with Gasteiger partial charge in [0.25, 0.3) is 0 Å². The van der Waals surface area contributed by atoms with Gasteiger partial charge in [-0.3, -0.25) is 8.78 Å². The molecule has 2 aromatic heterocycles. The molecule has 0 aliphatic carbocycles. The lowest BCUT2D eigenvalue weighted by Crippen LogP contribution is -2.05. The third kappa shape index (κ3) is 3.40. The van der Waals surface area contributed by atoms with E-state index >= 15 is 0 Å². The van der Waals surface area contributed by atoms with Crippen molar-refractivity contribution in [1.82, 2.24) is 24.9 Å². The lowest BCUT2D eigenvalue weighted by atomic mass is 10.1. The van der Waals surface area contributed by atoms with Gasteiger partial charge in [0.2, 0.25) is 11.0 Å². The highest BCUT2D eigenvalue weighted by atomic mass is 35.5. The van der Waals surface area contributed by atoms with E-state index in [2.05, 4.69) is 20.3 Å². The van der Waals surface area contributed by atoms with E-state index < -0.39 is 10.8 Å². The van der Waals surface area contributed by atoms with Gasteiger partial charge in [-0.05, 0) is 17.7 Å². The predicted molar refractivity (Wildman–Crippen MR) is 80.0 cm³/mol. The first kappa shape index (κ1) is 14.9. The second-order valence-electron chi connectivity index (χ2n) is 4.61. The van der Waals surface area contributed by atoms with Crippen LogP contribution in [0.5, 0.6) is 0 Å². The molecule has 0 unspecified atom stereocenters. The van der Waals surface area contributed by atoms with Gasteiger partial charge in [0, 0.05) is 17.7 Å². The Morgan fingerprint density at radius 2 is 2.27 bits per heavy atom. The summed E-state index contributed by atoms with van der Waals surface area (Å²) in [5.74, 6) is 0.966. The molecule has 0 aliphatic rings. The molecule has 7 nitrogen and oxygen atoms in total. The molecule has 3 rings (SSSR count). The van der Waals surface area contributed by atoms with Crippen molar-refractivity contribution in [2.75, 3.05) is 6.26 Å². The zero-order chi connectivity index (χ0) is 15.5. The molecule has 0 amide bonds. The smallest absolute Gasteiger partial charge is 0.246 e. The third-order valence-corrected chi connectivity index (χ3v) is 3.97. The van der Waals surface area contributed by atoms with Gasteiger partial charge in [-0.2, -0.15) is 4.98 Å². The van der Waals surface area contributed by atoms with E-state index in [0.717, 1.165) is 5.56 Å². The Labute approximate surface area is 133 Å². The zero-order valence-corrected chi connectivity index (χ0v) is 13.2. The molecular weight excluding hydrogens is 326 g/mol. The lowest BCUT2D eigenvalue weighted by molar-refractivity contribution is 0.363. The van der Waals surface area contributed by atoms with Crippen molar-refractivity contribution in [3.63, 3.8) is 0 Å². The average Bonchev–Trinajstić information content (AvgIpc) is 3.09. The van der Waals surface area contributed by atoms with Crippen molar-refractivity contribution in [2.45, 2.75) is 18.1 Å². The Kier molecular flexibility index (Phi) is 4.30. The molecule has 0 spiro atoms. The highest BCUT2D eigenvalue weighted by Crippen LogP contribution is 2.14. The molecule has 0 radical (unpaired) electrons. The van der Waals surface area contributed by atoms with Gasteiger partial charge < -0.3 is 4.52 Å². The van der Waals surface area contributed by atoms with E-state index in [1.165, 1.54) is 6.33 Å². The van der Waals surface area contributed by atoms with Crippen LogP contribution in [0, 0.1) is 0 Å². The molecule has 0 N–H and O–H groups in total. The van der Waals surface area contributed by atoms with Gasteiger partial charge in [0.15, 0.2) is 5.82 Å². The van der Waals surface area contributed by atoms with Crippen LogP contribution in [0.15, 0.2) is 40.3 Å². The van der Waals surface area contributed by atoms with Crippen molar-refractivity contribution >= 4 is 22.4 Å². The molecule has 0 fully saturated rings. The van der Waals surface area contributed by atoms with Crippen molar-refractivity contribution in [3.05, 3.63) is 52.9 Å². The van der Waals surface area contributed by atoms with Crippen molar-refractivity contribution in [2.24, 2.45) is 0 Å². The van der Waals surface area contributed by atoms with E-state index in [1.54, 1.807) is 10.8 Å². The molecular formula is C13H12ClN5O2S. The first-order chi connectivity index (χ1) is 10.6. The summed E-state index contributed by atoms with van der Waals surface area (Å²) in [6.45, 7) is 0.282. The van der Waals surface area contributed by atoms with Crippen molar-refractivity contribution in [1.29, 1.82) is 0 Å². The standard InChI is InChI=1S/C13H12ClN5O2S/c1-22(20)13-17-15-8-19(13)7-12-16-11(18-21-12)6-9-3-2-4-10(14)5-9/h2-5,8H,6-7H2,1H3/t22-/m1/s1. The van der Waals surface area contributed by atoms with E-state index in [-0.39, 0.29) is 6.54 Å². The summed E-state index contributed by atoms with van der Waals surface area (Å²) >= 11 is 5.95. The molecule has 0 saturated carbocycles. The molecule has 2 heterocycles. The Morgan fingerprint density at radius 3 is 3.05 bits per heavy atom. The first-order valence-corrected chi connectivity index (χ1v) is 8.32. The number of halogens is 1. The number of aromatic nitrogens is 5. The van der Waals surface area contributed by atoms with Gasteiger partial charge in [0.05, 0.1) is 10.8 Å². The lowest BCUT2D eigenvalue weighted by Gasteiger charge is -1.99. The fourth-order valence-electron chi connectivity index (χ4n) is 1.98. The van der Waals surface area contributed by atoms with Crippen molar-refractivity contribution < 1.29 is 8.73 Å². The van der Waals surface area contributed by atoms with E-state index in [4.69, 9.17) is 16.1 Å². The van der Waals surface area contributed by atoms with Gasteiger partial charge in [-0.1, -0.05) is 28.9 Å². The average molecular weight is 338 g/mol. The number of nitrogens with zero attached hydrogens (tertiary/aromatic N) is 5. The largest absolute Gasteiger partial charge is 0.337 e. The van der Waals surface area contributed by atoms with Gasteiger partial charge in [-0.15, -0.1) is 10.2 Å². The molecule has 22 heavy (non-hydrogen) atoms. The molecule has 9 heteroatoms. The first-order valence-electron chi connectivity index (χ1n) is 6.39. The van der Waals surface area contributed by atoms with Crippen LogP contribution >= 0.6 is 11.6 Å². The molecule has 1 atom stereocenters. The summed E-state index contributed by atoms with van der Waals surface area (Å²) in [6, 6.07) is 7.49. The number of benzene rings is 1. The van der Waals surface area contributed by atoms with Crippen LogP contribution in [0.3, 0.4) is 0 Å². The molecule has 0 bridgehead atoms. The topological polar surface area (TPSA) is 86.7 Å². The Bertz CT molecular complexity index is 816. The number of hydrogen-bond acceptors (Lipinski definition) is 6. The van der Waals surface area contributed by atoms with Crippen LogP contribution in [-0.2, 0) is 23.8 Å². The fraction of sp³-hybridized carbons (Fsp3) is 0.231. The molecule has 3 aromatic rings. The highest BCUT2D eigenvalue weighted by molar-refractivity contribution is 7.84.